The smallest absolute Gasteiger partial charge is 0.319 e. The Morgan fingerprint density at radius 3 is 2.96 bits per heavy atom. The number of ether oxygens (including phenoxy) is 1. The summed E-state index contributed by atoms with van der Waals surface area (Å²) >= 11 is 0. The van der Waals surface area contributed by atoms with Crippen molar-refractivity contribution in [2.24, 2.45) is 0 Å². The van der Waals surface area contributed by atoms with Crippen LogP contribution in [0.3, 0.4) is 0 Å². The van der Waals surface area contributed by atoms with E-state index in [-0.39, 0.29) is 13.2 Å². The number of urea groups is 1. The highest BCUT2D eigenvalue weighted by Crippen LogP contribution is 2.20. The SMILES string of the molecule is C#CCOc1cccc(NC(=O)NCC(C)(O)c2ccco2)c1. The fourth-order valence-electron chi connectivity index (χ4n) is 1.89. The Labute approximate surface area is 134 Å². The quantitative estimate of drug-likeness (QED) is 0.715. The highest BCUT2D eigenvalue weighted by atomic mass is 16.5. The molecule has 2 aromatic rings. The average Bonchev–Trinajstić information content (AvgIpc) is 3.07. The summed E-state index contributed by atoms with van der Waals surface area (Å²) in [5, 5.41) is 15.5. The number of rotatable bonds is 6. The van der Waals surface area contributed by atoms with Crippen molar-refractivity contribution < 1.29 is 19.1 Å². The predicted molar refractivity (Wildman–Crippen MR) is 86.1 cm³/mol. The molecule has 23 heavy (non-hydrogen) atoms. The van der Waals surface area contributed by atoms with Crippen LogP contribution in [0.15, 0.2) is 47.1 Å². The Balaban J connectivity index is 1.89. The van der Waals surface area contributed by atoms with Crippen LogP contribution in [0, 0.1) is 12.3 Å². The Morgan fingerprint density at radius 2 is 2.26 bits per heavy atom. The fourth-order valence-corrected chi connectivity index (χ4v) is 1.89. The van der Waals surface area contributed by atoms with Crippen LogP contribution in [-0.4, -0.2) is 24.3 Å². The third kappa shape index (κ3) is 4.80. The molecule has 1 atom stereocenters. The van der Waals surface area contributed by atoms with Gasteiger partial charge in [0, 0.05) is 11.8 Å². The van der Waals surface area contributed by atoms with Crippen molar-refractivity contribution in [2.75, 3.05) is 18.5 Å². The summed E-state index contributed by atoms with van der Waals surface area (Å²) in [5.41, 5.74) is -0.742. The molecule has 0 spiro atoms. The van der Waals surface area contributed by atoms with E-state index < -0.39 is 11.6 Å². The van der Waals surface area contributed by atoms with Crippen LogP contribution in [0.5, 0.6) is 5.75 Å². The molecule has 2 amide bonds. The molecule has 120 valence electrons. The van der Waals surface area contributed by atoms with E-state index in [2.05, 4.69) is 16.6 Å². The van der Waals surface area contributed by atoms with E-state index in [1.165, 1.54) is 6.26 Å². The second-order valence-corrected chi connectivity index (χ2v) is 5.08. The van der Waals surface area contributed by atoms with Gasteiger partial charge in [-0.15, -0.1) is 6.42 Å². The summed E-state index contributed by atoms with van der Waals surface area (Å²) in [7, 11) is 0. The van der Waals surface area contributed by atoms with Gasteiger partial charge in [0.05, 0.1) is 12.8 Å². The maximum Gasteiger partial charge on any atom is 0.319 e. The lowest BCUT2D eigenvalue weighted by atomic mass is 10.0. The normalized spacial score (nSPS) is 12.7. The van der Waals surface area contributed by atoms with Gasteiger partial charge in [0.25, 0.3) is 0 Å². The van der Waals surface area contributed by atoms with Crippen molar-refractivity contribution in [3.05, 3.63) is 48.4 Å². The zero-order valence-electron chi connectivity index (χ0n) is 12.7. The van der Waals surface area contributed by atoms with Gasteiger partial charge in [0.2, 0.25) is 0 Å². The molecule has 0 saturated carbocycles. The fraction of sp³-hybridized carbons (Fsp3) is 0.235. The van der Waals surface area contributed by atoms with Gasteiger partial charge in [0.15, 0.2) is 0 Å². The summed E-state index contributed by atoms with van der Waals surface area (Å²) in [6.45, 7) is 1.71. The first-order chi connectivity index (χ1) is 11.0. The van der Waals surface area contributed by atoms with E-state index in [0.717, 1.165) is 0 Å². The number of terminal acetylenes is 1. The van der Waals surface area contributed by atoms with E-state index in [4.69, 9.17) is 15.6 Å². The van der Waals surface area contributed by atoms with Crippen LogP contribution < -0.4 is 15.4 Å². The lowest BCUT2D eigenvalue weighted by Crippen LogP contribution is -2.40. The Morgan fingerprint density at radius 1 is 1.43 bits per heavy atom. The molecule has 0 aliphatic heterocycles. The number of carbonyl (C=O) groups excluding carboxylic acids is 1. The van der Waals surface area contributed by atoms with Crippen molar-refractivity contribution in [1.29, 1.82) is 0 Å². The average molecular weight is 314 g/mol. The van der Waals surface area contributed by atoms with E-state index in [1.54, 1.807) is 43.3 Å². The monoisotopic (exact) mass is 314 g/mol. The molecule has 0 radical (unpaired) electrons. The van der Waals surface area contributed by atoms with E-state index in [9.17, 15) is 9.90 Å². The first kappa shape index (κ1) is 16.5. The molecular formula is C17H18N2O4. The van der Waals surface area contributed by atoms with Gasteiger partial charge in [-0.2, -0.15) is 0 Å². The second kappa shape index (κ2) is 7.38. The van der Waals surface area contributed by atoms with Crippen LogP contribution in [0.1, 0.15) is 12.7 Å². The summed E-state index contributed by atoms with van der Waals surface area (Å²) in [4.78, 5) is 11.9. The highest BCUT2D eigenvalue weighted by molar-refractivity contribution is 5.89. The Kier molecular flexibility index (Phi) is 5.28. The molecule has 1 heterocycles. The third-order valence-corrected chi connectivity index (χ3v) is 3.06. The molecule has 1 aromatic carbocycles. The molecule has 1 aromatic heterocycles. The molecule has 0 saturated heterocycles. The minimum Gasteiger partial charge on any atom is -0.481 e. The number of anilines is 1. The number of amides is 2. The van der Waals surface area contributed by atoms with Gasteiger partial charge in [-0.05, 0) is 31.2 Å². The lowest BCUT2D eigenvalue weighted by Gasteiger charge is -2.21. The standard InChI is InChI=1S/C17H18N2O4/c1-3-9-22-14-7-4-6-13(11-14)19-16(20)18-12-17(2,21)15-8-5-10-23-15/h1,4-8,10-11,21H,9,12H2,2H3,(H2,18,19,20). The highest BCUT2D eigenvalue weighted by Gasteiger charge is 2.26. The van der Waals surface area contributed by atoms with Crippen molar-refractivity contribution >= 4 is 11.7 Å². The summed E-state index contributed by atoms with van der Waals surface area (Å²) < 4.78 is 10.4. The molecule has 0 bridgehead atoms. The topological polar surface area (TPSA) is 83.7 Å². The number of hydrogen-bond acceptors (Lipinski definition) is 4. The van der Waals surface area contributed by atoms with Gasteiger partial charge in [-0.25, -0.2) is 4.79 Å². The molecule has 3 N–H and O–H groups in total. The van der Waals surface area contributed by atoms with E-state index in [1.807, 2.05) is 0 Å². The van der Waals surface area contributed by atoms with Crippen LogP contribution >= 0.6 is 0 Å². The predicted octanol–water partition coefficient (Wildman–Crippen LogP) is 2.32. The maximum absolute atomic E-state index is 11.9. The number of hydrogen-bond donors (Lipinski definition) is 3. The summed E-state index contributed by atoms with van der Waals surface area (Å²) in [5.74, 6) is 3.30. The van der Waals surface area contributed by atoms with Crippen molar-refractivity contribution in [3.8, 4) is 18.1 Å². The number of carbonyl (C=O) groups is 1. The first-order valence-corrected chi connectivity index (χ1v) is 6.99. The van der Waals surface area contributed by atoms with Crippen molar-refractivity contribution in [1.82, 2.24) is 5.32 Å². The van der Waals surface area contributed by atoms with Crippen molar-refractivity contribution in [3.63, 3.8) is 0 Å². The molecule has 0 fully saturated rings. The minimum absolute atomic E-state index is 0.000366. The molecule has 1 unspecified atom stereocenters. The number of nitrogens with one attached hydrogen (secondary N) is 2. The summed E-state index contributed by atoms with van der Waals surface area (Å²) in [6, 6.07) is 9.71. The van der Waals surface area contributed by atoms with Crippen LogP contribution in [0.2, 0.25) is 0 Å². The molecule has 2 rings (SSSR count). The molecule has 0 aliphatic rings. The third-order valence-electron chi connectivity index (χ3n) is 3.06. The Bertz CT molecular complexity index is 687. The zero-order valence-corrected chi connectivity index (χ0v) is 12.7. The largest absolute Gasteiger partial charge is 0.481 e. The van der Waals surface area contributed by atoms with Gasteiger partial charge in [-0.1, -0.05) is 12.0 Å². The van der Waals surface area contributed by atoms with E-state index in [0.29, 0.717) is 17.2 Å². The zero-order chi connectivity index (χ0) is 16.7. The van der Waals surface area contributed by atoms with Gasteiger partial charge in [0.1, 0.15) is 23.7 Å². The maximum atomic E-state index is 11.9. The molecule has 6 nitrogen and oxygen atoms in total. The summed E-state index contributed by atoms with van der Waals surface area (Å²) in [6.07, 6.45) is 6.59. The van der Waals surface area contributed by atoms with Crippen LogP contribution in [0.4, 0.5) is 10.5 Å². The number of aliphatic hydroxyl groups is 1. The van der Waals surface area contributed by atoms with Gasteiger partial charge < -0.3 is 24.9 Å². The molecule has 0 aliphatic carbocycles. The molecular weight excluding hydrogens is 296 g/mol. The molecule has 6 heteroatoms. The number of furan rings is 1. The van der Waals surface area contributed by atoms with E-state index >= 15 is 0 Å². The Hall–Kier alpha value is -2.91. The lowest BCUT2D eigenvalue weighted by molar-refractivity contribution is 0.0372. The second-order valence-electron chi connectivity index (χ2n) is 5.08. The van der Waals surface area contributed by atoms with Crippen molar-refractivity contribution in [2.45, 2.75) is 12.5 Å². The van der Waals surface area contributed by atoms with Crippen LogP contribution in [-0.2, 0) is 5.60 Å². The van der Waals surface area contributed by atoms with Gasteiger partial charge in [-0.3, -0.25) is 0 Å². The van der Waals surface area contributed by atoms with Gasteiger partial charge >= 0.3 is 6.03 Å². The number of benzene rings is 1. The van der Waals surface area contributed by atoms with Crippen LogP contribution in [0.25, 0.3) is 0 Å². The minimum atomic E-state index is -1.29. The first-order valence-electron chi connectivity index (χ1n) is 6.99.